The number of likely N-dealkylation sites (N-methyl/N-ethyl adjacent to an activating group) is 1. The van der Waals surface area contributed by atoms with E-state index in [2.05, 4.69) is 34.0 Å². The van der Waals surface area contributed by atoms with Gasteiger partial charge in [-0.15, -0.1) is 0 Å². The molecule has 7 heteroatoms. The zero-order valence-corrected chi connectivity index (χ0v) is 18.8. The predicted octanol–water partition coefficient (Wildman–Crippen LogP) is 4.49. The van der Waals surface area contributed by atoms with Gasteiger partial charge in [-0.2, -0.15) is 5.10 Å². The lowest BCUT2D eigenvalue weighted by Gasteiger charge is -2.27. The maximum absolute atomic E-state index is 10.5. The maximum atomic E-state index is 10.5. The van der Waals surface area contributed by atoms with Gasteiger partial charge in [-0.3, -0.25) is 4.90 Å². The first-order chi connectivity index (χ1) is 16.1. The molecule has 0 spiro atoms. The highest BCUT2D eigenvalue weighted by Gasteiger charge is 2.16. The summed E-state index contributed by atoms with van der Waals surface area (Å²) in [7, 11) is 1.99. The number of ether oxygens (including phenoxy) is 2. The van der Waals surface area contributed by atoms with Crippen molar-refractivity contribution in [3.05, 3.63) is 97.1 Å². The second kappa shape index (κ2) is 10.8. The third-order valence-electron chi connectivity index (χ3n) is 5.46. The summed E-state index contributed by atoms with van der Waals surface area (Å²) in [5.74, 6) is 2.21. The van der Waals surface area contributed by atoms with Crippen molar-refractivity contribution >= 4 is 0 Å². The predicted molar refractivity (Wildman–Crippen MR) is 127 cm³/mol. The van der Waals surface area contributed by atoms with Crippen LogP contribution >= 0.6 is 0 Å². The van der Waals surface area contributed by atoms with E-state index in [1.807, 2.05) is 73.8 Å². The molecule has 0 aliphatic heterocycles. The molecule has 33 heavy (non-hydrogen) atoms. The van der Waals surface area contributed by atoms with Gasteiger partial charge in [-0.1, -0.05) is 30.3 Å². The highest BCUT2D eigenvalue weighted by molar-refractivity contribution is 5.36. The van der Waals surface area contributed by atoms with Crippen LogP contribution in [-0.4, -0.2) is 51.1 Å². The van der Waals surface area contributed by atoms with Crippen molar-refractivity contribution in [3.63, 3.8) is 0 Å². The smallest absolute Gasteiger partial charge is 0.138 e. The van der Waals surface area contributed by atoms with Gasteiger partial charge in [0.2, 0.25) is 0 Å². The molecule has 1 N–H and O–H groups in total. The Bertz CT molecular complexity index is 1100. The van der Waals surface area contributed by atoms with Gasteiger partial charge in [-0.05, 0) is 68.1 Å². The van der Waals surface area contributed by atoms with Crippen LogP contribution in [0, 0.1) is 0 Å². The quantitative estimate of drug-likeness (QED) is 0.389. The van der Waals surface area contributed by atoms with E-state index in [0.717, 1.165) is 22.7 Å². The molecule has 0 aliphatic rings. The van der Waals surface area contributed by atoms with Gasteiger partial charge in [-0.25, -0.2) is 9.67 Å². The summed E-state index contributed by atoms with van der Waals surface area (Å²) in [4.78, 5) is 6.08. The van der Waals surface area contributed by atoms with Gasteiger partial charge in [0, 0.05) is 12.6 Å². The van der Waals surface area contributed by atoms with Crippen LogP contribution in [-0.2, 0) is 0 Å². The maximum Gasteiger partial charge on any atom is 0.138 e. The fourth-order valence-electron chi connectivity index (χ4n) is 3.47. The van der Waals surface area contributed by atoms with E-state index in [1.165, 1.54) is 6.33 Å². The molecule has 0 aliphatic carbocycles. The minimum absolute atomic E-state index is 0.138. The van der Waals surface area contributed by atoms with E-state index in [-0.39, 0.29) is 12.6 Å². The van der Waals surface area contributed by atoms with Crippen LogP contribution in [0.4, 0.5) is 0 Å². The number of rotatable bonds is 10. The Balaban J connectivity index is 1.24. The van der Waals surface area contributed by atoms with Gasteiger partial charge in [0.1, 0.15) is 42.6 Å². The number of hydrogen-bond acceptors (Lipinski definition) is 6. The average Bonchev–Trinajstić information content (AvgIpc) is 3.39. The standard InChI is InChI=1S/C26H28N4O3/c1-20(21-8-10-22(11-9-21)30-19-27-18-28-30)29(2)16-23(31)17-32-24-12-14-26(15-13-24)33-25-6-4-3-5-7-25/h3-15,18-20,23,31H,16-17H2,1-2H3. The number of aliphatic hydroxyl groups excluding tert-OH is 1. The molecule has 4 rings (SSSR count). The van der Waals surface area contributed by atoms with Crippen molar-refractivity contribution in [1.82, 2.24) is 19.7 Å². The number of benzene rings is 3. The van der Waals surface area contributed by atoms with Crippen LogP contribution in [0.15, 0.2) is 91.5 Å². The lowest BCUT2D eigenvalue weighted by molar-refractivity contribution is 0.0653. The molecule has 1 aromatic heterocycles. The number of nitrogens with zero attached hydrogens (tertiary/aromatic N) is 4. The van der Waals surface area contributed by atoms with Crippen molar-refractivity contribution in [2.75, 3.05) is 20.2 Å². The molecule has 0 bridgehead atoms. The molecule has 1 heterocycles. The Morgan fingerprint density at radius 3 is 2.24 bits per heavy atom. The summed E-state index contributed by atoms with van der Waals surface area (Å²) >= 11 is 0. The highest BCUT2D eigenvalue weighted by Crippen LogP contribution is 2.24. The first-order valence-corrected chi connectivity index (χ1v) is 10.9. The first kappa shape index (κ1) is 22.5. The van der Waals surface area contributed by atoms with E-state index in [9.17, 15) is 5.11 Å². The summed E-state index contributed by atoms with van der Waals surface area (Å²) in [6.45, 7) is 2.81. The van der Waals surface area contributed by atoms with Gasteiger partial charge < -0.3 is 14.6 Å². The SMILES string of the molecule is CC(c1ccc(-n2cncn2)cc1)N(C)CC(O)COc1ccc(Oc2ccccc2)cc1. The van der Waals surface area contributed by atoms with Crippen molar-refractivity contribution in [2.24, 2.45) is 0 Å². The Morgan fingerprint density at radius 2 is 1.58 bits per heavy atom. The third kappa shape index (κ3) is 6.19. The van der Waals surface area contributed by atoms with Crippen LogP contribution < -0.4 is 9.47 Å². The van der Waals surface area contributed by atoms with E-state index in [0.29, 0.717) is 12.3 Å². The fraction of sp³-hybridized carbons (Fsp3) is 0.231. The number of hydrogen-bond donors (Lipinski definition) is 1. The lowest BCUT2D eigenvalue weighted by atomic mass is 10.1. The van der Waals surface area contributed by atoms with E-state index >= 15 is 0 Å². The molecule has 7 nitrogen and oxygen atoms in total. The Morgan fingerprint density at radius 1 is 0.909 bits per heavy atom. The molecule has 170 valence electrons. The van der Waals surface area contributed by atoms with E-state index < -0.39 is 6.10 Å². The fourth-order valence-corrected chi connectivity index (χ4v) is 3.47. The van der Waals surface area contributed by atoms with Crippen LogP contribution in [0.3, 0.4) is 0 Å². The molecular weight excluding hydrogens is 416 g/mol. The zero-order chi connectivity index (χ0) is 23.0. The van der Waals surface area contributed by atoms with E-state index in [1.54, 1.807) is 11.0 Å². The molecule has 4 aromatic rings. The van der Waals surface area contributed by atoms with Crippen molar-refractivity contribution in [1.29, 1.82) is 0 Å². The molecule has 3 aromatic carbocycles. The van der Waals surface area contributed by atoms with Gasteiger partial charge in [0.25, 0.3) is 0 Å². The van der Waals surface area contributed by atoms with Gasteiger partial charge in [0.05, 0.1) is 5.69 Å². The second-order valence-electron chi connectivity index (χ2n) is 7.90. The summed E-state index contributed by atoms with van der Waals surface area (Å²) < 4.78 is 13.3. The topological polar surface area (TPSA) is 72.6 Å². The van der Waals surface area contributed by atoms with Crippen molar-refractivity contribution < 1.29 is 14.6 Å². The molecular formula is C26H28N4O3. The van der Waals surface area contributed by atoms with E-state index in [4.69, 9.17) is 9.47 Å². The largest absolute Gasteiger partial charge is 0.491 e. The number of aromatic nitrogens is 3. The average molecular weight is 445 g/mol. The highest BCUT2D eigenvalue weighted by atomic mass is 16.5. The number of para-hydroxylation sites is 1. The minimum atomic E-state index is -0.618. The summed E-state index contributed by atoms with van der Waals surface area (Å²) in [6, 6.07) is 25.3. The summed E-state index contributed by atoms with van der Waals surface area (Å²) in [5, 5.41) is 14.6. The number of aliphatic hydroxyl groups is 1. The normalized spacial score (nSPS) is 13.0. The zero-order valence-electron chi connectivity index (χ0n) is 18.8. The molecule has 2 atom stereocenters. The third-order valence-corrected chi connectivity index (χ3v) is 5.46. The first-order valence-electron chi connectivity index (χ1n) is 10.9. The molecule has 0 saturated carbocycles. The molecule has 0 fully saturated rings. The monoisotopic (exact) mass is 444 g/mol. The molecule has 0 saturated heterocycles. The Kier molecular flexibility index (Phi) is 7.34. The van der Waals surface area contributed by atoms with Crippen LogP contribution in [0.2, 0.25) is 0 Å². The molecule has 2 unspecified atom stereocenters. The molecule has 0 radical (unpaired) electrons. The van der Waals surface area contributed by atoms with Crippen LogP contribution in [0.25, 0.3) is 5.69 Å². The van der Waals surface area contributed by atoms with Crippen LogP contribution in [0.5, 0.6) is 17.2 Å². The van der Waals surface area contributed by atoms with Crippen molar-refractivity contribution in [3.8, 4) is 22.9 Å². The van der Waals surface area contributed by atoms with Gasteiger partial charge >= 0.3 is 0 Å². The van der Waals surface area contributed by atoms with Crippen LogP contribution in [0.1, 0.15) is 18.5 Å². The van der Waals surface area contributed by atoms with Crippen molar-refractivity contribution in [2.45, 2.75) is 19.1 Å². The molecule has 0 amide bonds. The Labute approximate surface area is 193 Å². The summed E-state index contributed by atoms with van der Waals surface area (Å²) in [6.07, 6.45) is 2.57. The summed E-state index contributed by atoms with van der Waals surface area (Å²) in [5.41, 5.74) is 2.11. The lowest BCUT2D eigenvalue weighted by Crippen LogP contribution is -2.34. The second-order valence-corrected chi connectivity index (χ2v) is 7.90. The Hall–Kier alpha value is -3.68. The minimum Gasteiger partial charge on any atom is -0.491 e. The van der Waals surface area contributed by atoms with Gasteiger partial charge in [0.15, 0.2) is 0 Å².